The maximum absolute atomic E-state index is 11.2. The smallest absolute Gasteiger partial charge is 0.178 e. The van der Waals surface area contributed by atoms with Crippen LogP contribution in [-0.4, -0.2) is 33.8 Å². The zero-order chi connectivity index (χ0) is 39.4. The lowest BCUT2D eigenvalue weighted by Crippen LogP contribution is -2.09. The average Bonchev–Trinajstić information content (AvgIpc) is 4.01. The molecule has 0 bridgehead atoms. The molecule has 0 aliphatic heterocycles. The summed E-state index contributed by atoms with van der Waals surface area (Å²) in [7, 11) is 0. The zero-order valence-electron chi connectivity index (χ0n) is 30.1. The standard InChI is InChI=1S/C48H24N4O3S3/c53-28-46-49-40-22-13-34(25-43(40)56-46)4-1-31-7-16-37(17-8-31)52(38-18-9-32(10-19-38)2-5-35-14-23-41-44(26-35)57-47(29-54)50-41)39-20-11-33(12-21-39)3-6-36-15-24-42-45(27-36)58-48(30-55)51-42/h7-30H. The number of carbonyl (C=O) groups excluding carboxylic acids is 3. The van der Waals surface area contributed by atoms with Gasteiger partial charge in [-0.2, -0.15) is 0 Å². The number of aldehydes is 3. The van der Waals surface area contributed by atoms with E-state index in [0.29, 0.717) is 15.0 Å². The predicted octanol–water partition coefficient (Wildman–Crippen LogP) is 10.6. The van der Waals surface area contributed by atoms with Gasteiger partial charge in [0, 0.05) is 50.4 Å². The van der Waals surface area contributed by atoms with Gasteiger partial charge in [-0.05, 0) is 127 Å². The van der Waals surface area contributed by atoms with Crippen molar-refractivity contribution in [3.8, 4) is 35.5 Å². The Morgan fingerprint density at radius 2 is 0.621 bits per heavy atom. The fraction of sp³-hybridized carbons (Fsp3) is 0. The number of carbonyl (C=O) groups is 3. The molecule has 0 saturated carbocycles. The number of hydrogen-bond donors (Lipinski definition) is 0. The van der Waals surface area contributed by atoms with Gasteiger partial charge >= 0.3 is 0 Å². The van der Waals surface area contributed by atoms with E-state index in [1.165, 1.54) is 34.0 Å². The molecular weight excluding hydrogens is 777 g/mol. The third-order valence-corrected chi connectivity index (χ3v) is 11.8. The monoisotopic (exact) mass is 800 g/mol. The molecule has 6 aromatic carbocycles. The molecule has 0 radical (unpaired) electrons. The fourth-order valence-electron chi connectivity index (χ4n) is 6.17. The number of rotatable bonds is 6. The van der Waals surface area contributed by atoms with Crippen molar-refractivity contribution in [1.29, 1.82) is 0 Å². The SMILES string of the molecule is O=Cc1nc2ccc(C#Cc3ccc(N(c4ccc(C#Cc5ccc6nc(C=O)sc6c5)cc4)c4ccc(C#Cc5ccc6nc(C=O)sc6c5)cc4)cc3)cc2s1. The van der Waals surface area contributed by atoms with Crippen molar-refractivity contribution >= 4 is 101 Å². The summed E-state index contributed by atoms with van der Waals surface area (Å²) in [5.74, 6) is 19.5. The van der Waals surface area contributed by atoms with E-state index in [1.807, 2.05) is 127 Å². The minimum atomic E-state index is 0.451. The highest BCUT2D eigenvalue weighted by Gasteiger charge is 2.13. The first-order valence-electron chi connectivity index (χ1n) is 17.7. The first-order valence-corrected chi connectivity index (χ1v) is 20.2. The Bertz CT molecular complexity index is 2900. The maximum Gasteiger partial charge on any atom is 0.178 e. The van der Waals surface area contributed by atoms with E-state index in [0.717, 1.165) is 100.0 Å². The number of anilines is 3. The van der Waals surface area contributed by atoms with Crippen LogP contribution in [0.15, 0.2) is 127 Å². The van der Waals surface area contributed by atoms with Gasteiger partial charge in [0.15, 0.2) is 33.9 Å². The summed E-state index contributed by atoms with van der Waals surface area (Å²) in [6.45, 7) is 0. The van der Waals surface area contributed by atoms with Crippen LogP contribution >= 0.6 is 34.0 Å². The quantitative estimate of drug-likeness (QED) is 0.122. The average molecular weight is 801 g/mol. The molecule has 0 aliphatic carbocycles. The topological polar surface area (TPSA) is 93.1 Å². The third-order valence-electron chi connectivity index (χ3n) is 8.95. The summed E-state index contributed by atoms with van der Waals surface area (Å²) in [6, 6.07) is 41.6. The first-order chi connectivity index (χ1) is 28.5. The molecule has 0 saturated heterocycles. The fourth-order valence-corrected chi connectivity index (χ4v) is 8.64. The second kappa shape index (κ2) is 15.9. The Morgan fingerprint density at radius 3 is 0.897 bits per heavy atom. The molecule has 0 unspecified atom stereocenters. The van der Waals surface area contributed by atoms with Gasteiger partial charge in [-0.25, -0.2) is 15.0 Å². The third kappa shape index (κ3) is 7.79. The maximum atomic E-state index is 11.2. The second-order valence-corrected chi connectivity index (χ2v) is 16.0. The molecule has 9 aromatic rings. The van der Waals surface area contributed by atoms with Crippen molar-refractivity contribution in [1.82, 2.24) is 15.0 Å². The number of fused-ring (bicyclic) bond motifs is 3. The van der Waals surface area contributed by atoms with Gasteiger partial charge in [0.2, 0.25) is 0 Å². The lowest BCUT2D eigenvalue weighted by Gasteiger charge is -2.25. The van der Waals surface area contributed by atoms with Crippen LogP contribution in [0.5, 0.6) is 0 Å². The number of nitrogens with zero attached hydrogens (tertiary/aromatic N) is 4. The summed E-state index contributed by atoms with van der Waals surface area (Å²) in [4.78, 5) is 48.6. The van der Waals surface area contributed by atoms with Gasteiger partial charge in [0.25, 0.3) is 0 Å². The van der Waals surface area contributed by atoms with Crippen molar-refractivity contribution in [3.05, 3.63) is 176 Å². The van der Waals surface area contributed by atoms with Crippen LogP contribution in [0.3, 0.4) is 0 Å². The largest absolute Gasteiger partial charge is 0.311 e. The van der Waals surface area contributed by atoms with Crippen LogP contribution in [0.25, 0.3) is 30.6 Å². The van der Waals surface area contributed by atoms with Gasteiger partial charge in [-0.3, -0.25) is 14.4 Å². The summed E-state index contributed by atoms with van der Waals surface area (Å²) in [6.07, 6.45) is 2.30. The van der Waals surface area contributed by atoms with Gasteiger partial charge in [-0.1, -0.05) is 35.5 Å². The molecule has 0 fully saturated rings. The molecule has 272 valence electrons. The predicted molar refractivity (Wildman–Crippen MR) is 234 cm³/mol. The molecule has 3 aromatic heterocycles. The molecular formula is C48H24N4O3S3. The van der Waals surface area contributed by atoms with Crippen molar-refractivity contribution < 1.29 is 14.4 Å². The highest BCUT2D eigenvalue weighted by atomic mass is 32.1. The Morgan fingerprint density at radius 1 is 0.362 bits per heavy atom. The van der Waals surface area contributed by atoms with E-state index in [1.54, 1.807) is 0 Å². The second-order valence-electron chi connectivity index (χ2n) is 12.8. The Hall–Kier alpha value is -7.52. The van der Waals surface area contributed by atoms with Crippen molar-refractivity contribution in [3.63, 3.8) is 0 Å². The highest BCUT2D eigenvalue weighted by Crippen LogP contribution is 2.35. The molecule has 3 heterocycles. The highest BCUT2D eigenvalue weighted by molar-refractivity contribution is 7.20. The number of benzene rings is 6. The van der Waals surface area contributed by atoms with Crippen LogP contribution in [0.2, 0.25) is 0 Å². The summed E-state index contributed by atoms with van der Waals surface area (Å²) >= 11 is 4.06. The number of hydrogen-bond acceptors (Lipinski definition) is 10. The molecule has 0 aliphatic rings. The van der Waals surface area contributed by atoms with E-state index < -0.39 is 0 Å². The minimum absolute atomic E-state index is 0.451. The van der Waals surface area contributed by atoms with Gasteiger partial charge in [0.1, 0.15) is 0 Å². The zero-order valence-corrected chi connectivity index (χ0v) is 32.5. The van der Waals surface area contributed by atoms with Gasteiger partial charge in [0.05, 0.1) is 30.6 Å². The van der Waals surface area contributed by atoms with Crippen LogP contribution < -0.4 is 4.90 Å². The Labute approximate surface area is 344 Å². The molecule has 10 heteroatoms. The molecule has 9 rings (SSSR count). The molecule has 0 amide bonds. The van der Waals surface area contributed by atoms with Crippen molar-refractivity contribution in [2.24, 2.45) is 0 Å². The molecule has 0 N–H and O–H groups in total. The van der Waals surface area contributed by atoms with E-state index in [4.69, 9.17) is 0 Å². The lowest BCUT2D eigenvalue weighted by atomic mass is 10.1. The molecule has 0 atom stereocenters. The Kier molecular flexibility index (Phi) is 9.92. The summed E-state index contributed by atoms with van der Waals surface area (Å²) < 4.78 is 2.77. The van der Waals surface area contributed by atoms with Gasteiger partial charge < -0.3 is 4.90 Å². The first kappa shape index (κ1) is 36.1. The molecule has 7 nitrogen and oxygen atoms in total. The Balaban J connectivity index is 1.00. The van der Waals surface area contributed by atoms with E-state index in [9.17, 15) is 14.4 Å². The number of thiazole rings is 3. The van der Waals surface area contributed by atoms with Crippen molar-refractivity contribution in [2.75, 3.05) is 4.90 Å². The molecule has 58 heavy (non-hydrogen) atoms. The van der Waals surface area contributed by atoms with Crippen LogP contribution in [0, 0.1) is 35.5 Å². The summed E-state index contributed by atoms with van der Waals surface area (Å²) in [5, 5.41) is 1.35. The normalized spacial score (nSPS) is 10.6. The van der Waals surface area contributed by atoms with Crippen LogP contribution in [0.4, 0.5) is 17.1 Å². The lowest BCUT2D eigenvalue weighted by molar-refractivity contribution is 0.111. The minimum Gasteiger partial charge on any atom is -0.311 e. The van der Waals surface area contributed by atoms with E-state index in [2.05, 4.69) is 55.4 Å². The van der Waals surface area contributed by atoms with Crippen LogP contribution in [-0.2, 0) is 0 Å². The van der Waals surface area contributed by atoms with Gasteiger partial charge in [-0.15, -0.1) is 34.0 Å². The molecule has 0 spiro atoms. The van der Waals surface area contributed by atoms with E-state index in [-0.39, 0.29) is 0 Å². The van der Waals surface area contributed by atoms with Crippen molar-refractivity contribution in [2.45, 2.75) is 0 Å². The van der Waals surface area contributed by atoms with Crippen LogP contribution in [0.1, 0.15) is 62.8 Å². The van der Waals surface area contributed by atoms with E-state index >= 15 is 0 Å². The number of aromatic nitrogens is 3. The summed E-state index contributed by atoms with van der Waals surface area (Å²) in [5.41, 5.74) is 10.3.